The first kappa shape index (κ1) is 57.0. The van der Waals surface area contributed by atoms with E-state index < -0.39 is 18.2 Å². The van der Waals surface area contributed by atoms with E-state index in [0.29, 0.717) is 89.1 Å². The SMILES string of the molecule is C=C1c2ccccc2CN1[C@H](C(=O)N1C[C@H](O)C[C@H]1C(=O)NCc1ccc(-c2scnc2C)cc1OCCOCCOCCOCCOc1ccc(Nc2ncc(Br)c(NCCCN(C)C(=O)C3CCC3)n2)cc1)C(C)C. The van der Waals surface area contributed by atoms with Crippen molar-refractivity contribution in [2.24, 2.45) is 11.8 Å². The number of carbonyl (C=O) groups excluding carboxylic acids is 3. The van der Waals surface area contributed by atoms with Crippen LogP contribution in [0.5, 0.6) is 11.5 Å². The van der Waals surface area contributed by atoms with E-state index in [0.717, 1.165) is 74.4 Å². The molecular weight excluding hydrogens is 1070 g/mol. The quantitative estimate of drug-likeness (QED) is 0.0335. The molecule has 3 atom stereocenters. The lowest BCUT2D eigenvalue weighted by Gasteiger charge is -2.36. The summed E-state index contributed by atoms with van der Waals surface area (Å²) in [6, 6.07) is 20.0. The van der Waals surface area contributed by atoms with Crippen molar-refractivity contribution in [2.45, 2.75) is 84.2 Å². The van der Waals surface area contributed by atoms with Crippen LogP contribution in [0.25, 0.3) is 16.1 Å². The minimum atomic E-state index is -0.833. The Morgan fingerprint density at radius 2 is 1.65 bits per heavy atom. The molecule has 4 heterocycles. The topological polar surface area (TPSA) is 202 Å². The third-order valence-electron chi connectivity index (χ3n) is 14.0. The number of aliphatic hydroxyl groups excluding tert-OH is 1. The number of β-amino-alcohol motifs (C(OH)–C–C–N with tert-alkyl or cyclic N) is 1. The van der Waals surface area contributed by atoms with Crippen molar-refractivity contribution in [1.82, 2.24) is 35.0 Å². The van der Waals surface area contributed by atoms with Gasteiger partial charge in [-0.3, -0.25) is 14.4 Å². The summed E-state index contributed by atoms with van der Waals surface area (Å²) < 4.78 is 30.1. The lowest BCUT2D eigenvalue weighted by molar-refractivity contribution is -0.143. The molecule has 8 rings (SSSR count). The van der Waals surface area contributed by atoms with Crippen molar-refractivity contribution in [3.63, 3.8) is 0 Å². The van der Waals surface area contributed by atoms with E-state index in [9.17, 15) is 19.5 Å². The van der Waals surface area contributed by atoms with E-state index in [1.165, 1.54) is 0 Å². The smallest absolute Gasteiger partial charge is 0.246 e. The van der Waals surface area contributed by atoms with Crippen molar-refractivity contribution in [3.8, 4) is 21.9 Å². The lowest BCUT2D eigenvalue weighted by atomic mass is 9.84. The number of nitrogens with one attached hydrogen (secondary N) is 3. The molecule has 2 aromatic heterocycles. The van der Waals surface area contributed by atoms with Crippen molar-refractivity contribution in [3.05, 3.63) is 112 Å². The van der Waals surface area contributed by atoms with Gasteiger partial charge < -0.3 is 59.4 Å². The van der Waals surface area contributed by atoms with Gasteiger partial charge in [0.15, 0.2) is 0 Å². The number of carbonyl (C=O) groups is 3. The van der Waals surface area contributed by atoms with Crippen molar-refractivity contribution in [2.75, 3.05) is 90.2 Å². The van der Waals surface area contributed by atoms with Crippen LogP contribution < -0.4 is 25.4 Å². The number of halogens is 1. The molecule has 0 unspecified atom stereocenters. The Kier molecular flexibility index (Phi) is 20.7. The lowest BCUT2D eigenvalue weighted by Crippen LogP contribution is -2.54. The van der Waals surface area contributed by atoms with Crippen LogP contribution in [0.3, 0.4) is 0 Å². The summed E-state index contributed by atoms with van der Waals surface area (Å²) in [6.45, 7) is 15.3. The fourth-order valence-corrected chi connectivity index (χ4v) is 10.8. The fraction of sp³-hybridized carbons (Fsp3) is 0.474. The minimum absolute atomic E-state index is 0.0723. The third kappa shape index (κ3) is 15.3. The number of aryl methyl sites for hydroxylation is 1. The third-order valence-corrected chi connectivity index (χ3v) is 15.6. The number of amides is 3. The molecule has 0 radical (unpaired) electrons. The number of hydrogen-bond donors (Lipinski definition) is 4. The van der Waals surface area contributed by atoms with Crippen LogP contribution in [0.4, 0.5) is 17.5 Å². The van der Waals surface area contributed by atoms with Gasteiger partial charge >= 0.3 is 0 Å². The van der Waals surface area contributed by atoms with E-state index in [-0.39, 0.29) is 55.7 Å². The van der Waals surface area contributed by atoms with Crippen LogP contribution in [0.1, 0.15) is 68.3 Å². The van der Waals surface area contributed by atoms with E-state index >= 15 is 0 Å². The average Bonchev–Trinajstić information content (AvgIpc) is 4.17. The van der Waals surface area contributed by atoms with Gasteiger partial charge in [-0.15, -0.1) is 11.3 Å². The number of nitrogens with zero attached hydrogens (tertiary/aromatic N) is 6. The van der Waals surface area contributed by atoms with Gasteiger partial charge in [0.25, 0.3) is 0 Å². The molecule has 412 valence electrons. The number of hydrogen-bond acceptors (Lipinski definition) is 16. The molecule has 1 saturated carbocycles. The predicted molar refractivity (Wildman–Crippen MR) is 301 cm³/mol. The van der Waals surface area contributed by atoms with Crippen LogP contribution in [-0.4, -0.2) is 150 Å². The Balaban J connectivity index is 0.708. The first-order chi connectivity index (χ1) is 37.3. The first-order valence-corrected chi connectivity index (χ1v) is 28.2. The number of likely N-dealkylation sites (tertiary alicyclic amines) is 1. The Hall–Kier alpha value is -6.16. The second-order valence-electron chi connectivity index (χ2n) is 19.9. The largest absolute Gasteiger partial charge is 0.491 e. The van der Waals surface area contributed by atoms with Gasteiger partial charge in [0, 0.05) is 80.8 Å². The molecule has 0 bridgehead atoms. The van der Waals surface area contributed by atoms with E-state index in [1.807, 2.05) is 110 Å². The average molecular weight is 1140 g/mol. The van der Waals surface area contributed by atoms with Gasteiger partial charge in [-0.1, -0.05) is 63.2 Å². The number of thiazole rings is 1. The number of aliphatic hydroxyl groups is 1. The maximum Gasteiger partial charge on any atom is 0.246 e. The van der Waals surface area contributed by atoms with E-state index in [4.69, 9.17) is 23.7 Å². The van der Waals surface area contributed by atoms with Crippen LogP contribution in [0.15, 0.2) is 89.5 Å². The summed E-state index contributed by atoms with van der Waals surface area (Å²) in [4.78, 5) is 60.6. The Morgan fingerprint density at radius 3 is 2.32 bits per heavy atom. The Bertz CT molecular complexity index is 2780. The molecule has 5 aromatic rings. The molecule has 77 heavy (non-hydrogen) atoms. The number of aromatic nitrogens is 3. The van der Waals surface area contributed by atoms with Gasteiger partial charge in [-0.25, -0.2) is 9.97 Å². The number of rotatable bonds is 29. The highest BCUT2D eigenvalue weighted by Gasteiger charge is 2.44. The highest BCUT2D eigenvalue weighted by Crippen LogP contribution is 2.37. The first-order valence-electron chi connectivity index (χ1n) is 26.5. The maximum atomic E-state index is 14.4. The molecule has 20 heteroatoms. The summed E-state index contributed by atoms with van der Waals surface area (Å²) in [7, 11) is 1.88. The minimum Gasteiger partial charge on any atom is -0.491 e. The highest BCUT2D eigenvalue weighted by molar-refractivity contribution is 9.10. The number of ether oxygens (including phenoxy) is 5. The Labute approximate surface area is 464 Å². The van der Waals surface area contributed by atoms with Crippen LogP contribution in [0.2, 0.25) is 0 Å². The zero-order valence-corrected chi connectivity index (χ0v) is 46.9. The standard InChI is InChI=1S/C57H72BrN9O9S/c1-37(2)51(66-34-43-10-6-7-13-47(43)39(66)4)56(71)67-35-45(68)31-49(67)54(69)60-32-42-15-14-41(52-38(3)62-36-77-52)30-50(42)76-29-27-74-25-23-72-22-24-73-26-28-75-46-18-16-44(17-19-46)63-57-61-33-48(58)53(64-57)59-20-9-21-65(5)55(70)40-11-8-12-40/h6-7,10,13-19,30,33,36-37,40,45,49,51,68H,4,8-9,11-12,20-29,31-32,34-35H2,1-3,5H3,(H,60,69)(H2,59,61,63,64)/t45-,49+,51+/m1/s1. The Morgan fingerprint density at radius 1 is 0.935 bits per heavy atom. The predicted octanol–water partition coefficient (Wildman–Crippen LogP) is 8.07. The number of anilines is 3. The van der Waals surface area contributed by atoms with Gasteiger partial charge in [-0.2, -0.15) is 4.98 Å². The zero-order chi connectivity index (χ0) is 54.3. The number of fused-ring (bicyclic) bond motifs is 1. The molecule has 3 aromatic carbocycles. The van der Waals surface area contributed by atoms with Crippen molar-refractivity contribution in [1.29, 1.82) is 0 Å². The summed E-state index contributed by atoms with van der Waals surface area (Å²) >= 11 is 5.07. The van der Waals surface area contributed by atoms with Crippen LogP contribution >= 0.6 is 27.3 Å². The molecule has 2 aliphatic heterocycles. The molecule has 3 amide bonds. The molecule has 4 N–H and O–H groups in total. The van der Waals surface area contributed by atoms with Crippen molar-refractivity contribution < 1.29 is 43.2 Å². The van der Waals surface area contributed by atoms with Crippen LogP contribution in [0, 0.1) is 18.8 Å². The highest BCUT2D eigenvalue weighted by atomic mass is 79.9. The van der Waals surface area contributed by atoms with Crippen LogP contribution in [-0.2, 0) is 41.7 Å². The second kappa shape index (κ2) is 27.9. The molecule has 3 aliphatic rings. The molecule has 0 spiro atoms. The molecule has 1 aliphatic carbocycles. The number of benzene rings is 3. The monoisotopic (exact) mass is 1140 g/mol. The second-order valence-corrected chi connectivity index (χ2v) is 21.6. The van der Waals surface area contributed by atoms with E-state index in [1.54, 1.807) is 22.4 Å². The van der Waals surface area contributed by atoms with Gasteiger partial charge in [0.1, 0.15) is 42.6 Å². The van der Waals surface area contributed by atoms with Gasteiger partial charge in [0.2, 0.25) is 23.7 Å². The van der Waals surface area contributed by atoms with Gasteiger partial charge in [0.05, 0.1) is 66.3 Å². The normalized spacial score (nSPS) is 16.5. The van der Waals surface area contributed by atoms with Crippen molar-refractivity contribution >= 4 is 68.1 Å². The fourth-order valence-electron chi connectivity index (χ4n) is 9.63. The molecule has 1 saturated heterocycles. The summed E-state index contributed by atoms with van der Waals surface area (Å²) in [6.07, 6.45) is 5.00. The van der Waals surface area contributed by atoms with Gasteiger partial charge in [-0.05, 0) is 89.5 Å². The zero-order valence-electron chi connectivity index (χ0n) is 44.5. The molecule has 2 fully saturated rings. The molecular formula is C57H72BrN9O9S. The molecule has 18 nitrogen and oxygen atoms in total. The van der Waals surface area contributed by atoms with E-state index in [2.05, 4.69) is 53.4 Å². The summed E-state index contributed by atoms with van der Waals surface area (Å²) in [5.41, 5.74) is 8.15. The summed E-state index contributed by atoms with van der Waals surface area (Å²) in [5.74, 6) is 2.28. The summed E-state index contributed by atoms with van der Waals surface area (Å²) in [5, 5.41) is 20.4. The maximum absolute atomic E-state index is 14.4.